The molecule has 1 atom stereocenters. The Balaban J connectivity index is 2.03. The van der Waals surface area contributed by atoms with Crippen LogP contribution in [0.3, 0.4) is 0 Å². The minimum atomic E-state index is -0.489. The van der Waals surface area contributed by atoms with Crippen LogP contribution in [0.25, 0.3) is 0 Å². The van der Waals surface area contributed by atoms with Gasteiger partial charge in [-0.05, 0) is 39.8 Å². The van der Waals surface area contributed by atoms with Crippen LogP contribution >= 0.6 is 0 Å². The van der Waals surface area contributed by atoms with E-state index in [2.05, 4.69) is 4.98 Å². The molecular weight excluding hydrogens is 270 g/mol. The Morgan fingerprint density at radius 3 is 2.71 bits per heavy atom. The highest BCUT2D eigenvalue weighted by molar-refractivity contribution is 5.69. The summed E-state index contributed by atoms with van der Waals surface area (Å²) >= 11 is 0. The third-order valence-electron chi connectivity index (χ3n) is 3.32. The van der Waals surface area contributed by atoms with Crippen molar-refractivity contribution in [3.05, 3.63) is 18.3 Å². The second-order valence-corrected chi connectivity index (χ2v) is 6.31. The molecule has 1 saturated heterocycles. The van der Waals surface area contributed by atoms with Crippen molar-refractivity contribution < 1.29 is 14.6 Å². The highest BCUT2D eigenvalue weighted by atomic mass is 16.6. The number of hydrogen-bond acceptors (Lipinski definition) is 5. The molecule has 1 aliphatic rings. The molecule has 0 spiro atoms. The van der Waals surface area contributed by atoms with Crippen molar-refractivity contribution in [2.75, 3.05) is 24.5 Å². The molecule has 1 N–H and O–H groups in total. The normalized spacial score (nSPS) is 19.5. The van der Waals surface area contributed by atoms with Gasteiger partial charge in [0.05, 0.1) is 0 Å². The van der Waals surface area contributed by atoms with Crippen molar-refractivity contribution in [1.82, 2.24) is 9.88 Å². The largest absolute Gasteiger partial charge is 0.504 e. The van der Waals surface area contributed by atoms with Crippen LogP contribution in [-0.2, 0) is 4.74 Å². The fourth-order valence-electron chi connectivity index (χ4n) is 2.37. The highest BCUT2D eigenvalue weighted by Gasteiger charge is 2.31. The molecule has 1 aromatic heterocycles. The van der Waals surface area contributed by atoms with Gasteiger partial charge in [-0.1, -0.05) is 0 Å². The van der Waals surface area contributed by atoms with E-state index >= 15 is 0 Å². The quantitative estimate of drug-likeness (QED) is 0.860. The standard InChI is InChI=1S/C15H23N3O3/c1-11-10-17(14(20)21-15(2,3)4)8-9-18(11)13-12(19)6-5-7-16-13/h5-7,11,19H,8-10H2,1-4H3/t11-/m1/s1. The van der Waals surface area contributed by atoms with Crippen molar-refractivity contribution in [2.24, 2.45) is 0 Å². The van der Waals surface area contributed by atoms with Crippen LogP contribution in [0.1, 0.15) is 27.7 Å². The van der Waals surface area contributed by atoms with E-state index in [9.17, 15) is 9.90 Å². The molecule has 1 aliphatic heterocycles. The van der Waals surface area contributed by atoms with Crippen LogP contribution < -0.4 is 4.90 Å². The van der Waals surface area contributed by atoms with Crippen LogP contribution in [0.2, 0.25) is 0 Å². The van der Waals surface area contributed by atoms with E-state index in [1.165, 1.54) is 0 Å². The maximum atomic E-state index is 12.1. The topological polar surface area (TPSA) is 65.9 Å². The van der Waals surface area contributed by atoms with Crippen LogP contribution in [0.15, 0.2) is 18.3 Å². The summed E-state index contributed by atoms with van der Waals surface area (Å²) in [6.07, 6.45) is 1.36. The fourth-order valence-corrected chi connectivity index (χ4v) is 2.37. The first-order valence-corrected chi connectivity index (χ1v) is 7.16. The number of piperazine rings is 1. The van der Waals surface area contributed by atoms with Gasteiger partial charge in [-0.3, -0.25) is 0 Å². The Morgan fingerprint density at radius 1 is 1.43 bits per heavy atom. The average Bonchev–Trinajstić information content (AvgIpc) is 2.38. The van der Waals surface area contributed by atoms with E-state index in [1.807, 2.05) is 32.6 Å². The number of anilines is 1. The van der Waals surface area contributed by atoms with Gasteiger partial charge in [0.15, 0.2) is 11.6 Å². The summed E-state index contributed by atoms with van der Waals surface area (Å²) < 4.78 is 5.39. The molecule has 0 unspecified atom stereocenters. The number of carbonyl (C=O) groups is 1. The molecule has 0 aliphatic carbocycles. The Morgan fingerprint density at radius 2 is 2.14 bits per heavy atom. The first-order valence-electron chi connectivity index (χ1n) is 7.16. The first kappa shape index (κ1) is 15.4. The lowest BCUT2D eigenvalue weighted by atomic mass is 10.2. The number of pyridine rings is 1. The zero-order valence-electron chi connectivity index (χ0n) is 13.0. The number of amides is 1. The van der Waals surface area contributed by atoms with Crippen LogP contribution in [0.4, 0.5) is 10.6 Å². The number of hydrogen-bond donors (Lipinski definition) is 1. The molecule has 6 heteroatoms. The molecule has 0 saturated carbocycles. The van der Waals surface area contributed by atoms with Gasteiger partial charge in [0.25, 0.3) is 0 Å². The Hall–Kier alpha value is -1.98. The molecule has 2 heterocycles. The van der Waals surface area contributed by atoms with Gasteiger partial charge in [0.1, 0.15) is 5.60 Å². The summed E-state index contributed by atoms with van der Waals surface area (Å²) in [5, 5.41) is 9.90. The molecule has 0 bridgehead atoms. The van der Waals surface area contributed by atoms with Gasteiger partial charge < -0.3 is 19.6 Å². The zero-order chi connectivity index (χ0) is 15.6. The molecule has 21 heavy (non-hydrogen) atoms. The van der Waals surface area contributed by atoms with Crippen LogP contribution in [0, 0.1) is 0 Å². The summed E-state index contributed by atoms with van der Waals surface area (Å²) in [5.74, 6) is 0.726. The van der Waals surface area contributed by atoms with E-state index in [4.69, 9.17) is 4.74 Å². The van der Waals surface area contributed by atoms with Gasteiger partial charge in [0, 0.05) is 31.9 Å². The van der Waals surface area contributed by atoms with Crippen LogP contribution in [-0.4, -0.2) is 52.4 Å². The highest BCUT2D eigenvalue weighted by Crippen LogP contribution is 2.27. The molecule has 6 nitrogen and oxygen atoms in total. The number of aromatic hydroxyl groups is 1. The van der Waals surface area contributed by atoms with E-state index in [0.717, 1.165) is 0 Å². The Bertz CT molecular complexity index is 513. The number of aromatic nitrogens is 1. The predicted molar refractivity (Wildman–Crippen MR) is 80.5 cm³/mol. The van der Waals surface area contributed by atoms with E-state index in [1.54, 1.807) is 23.2 Å². The molecule has 0 radical (unpaired) electrons. The number of carbonyl (C=O) groups excluding carboxylic acids is 1. The summed E-state index contributed by atoms with van der Waals surface area (Å²) in [4.78, 5) is 20.0. The van der Waals surface area contributed by atoms with Gasteiger partial charge in [-0.25, -0.2) is 9.78 Å². The molecule has 116 valence electrons. The van der Waals surface area contributed by atoms with Crippen LogP contribution in [0.5, 0.6) is 5.75 Å². The van der Waals surface area contributed by atoms with Crippen molar-refractivity contribution in [2.45, 2.75) is 39.3 Å². The van der Waals surface area contributed by atoms with Gasteiger partial charge >= 0.3 is 6.09 Å². The number of rotatable bonds is 1. The monoisotopic (exact) mass is 293 g/mol. The average molecular weight is 293 g/mol. The molecule has 0 aromatic carbocycles. The van der Waals surface area contributed by atoms with Gasteiger partial charge in [0.2, 0.25) is 0 Å². The zero-order valence-corrected chi connectivity index (χ0v) is 13.0. The lowest BCUT2D eigenvalue weighted by Gasteiger charge is -2.40. The minimum absolute atomic E-state index is 0.0621. The Kier molecular flexibility index (Phi) is 4.25. The van der Waals surface area contributed by atoms with Crippen molar-refractivity contribution in [1.29, 1.82) is 0 Å². The maximum Gasteiger partial charge on any atom is 0.410 e. The second kappa shape index (κ2) is 5.79. The van der Waals surface area contributed by atoms with Gasteiger partial charge in [-0.2, -0.15) is 0 Å². The van der Waals surface area contributed by atoms with E-state index < -0.39 is 5.60 Å². The SMILES string of the molecule is C[C@@H]1CN(C(=O)OC(C)(C)C)CCN1c1ncccc1O. The third-order valence-corrected chi connectivity index (χ3v) is 3.32. The number of nitrogens with zero attached hydrogens (tertiary/aromatic N) is 3. The Labute approximate surface area is 125 Å². The van der Waals surface area contributed by atoms with Crippen molar-refractivity contribution >= 4 is 11.9 Å². The molecule has 1 aromatic rings. The number of ether oxygens (including phenoxy) is 1. The van der Waals surface area contributed by atoms with Crippen molar-refractivity contribution in [3.8, 4) is 5.75 Å². The summed E-state index contributed by atoms with van der Waals surface area (Å²) in [5.41, 5.74) is -0.489. The molecular formula is C15H23N3O3. The third kappa shape index (κ3) is 3.77. The van der Waals surface area contributed by atoms with E-state index in [0.29, 0.717) is 25.5 Å². The summed E-state index contributed by atoms with van der Waals surface area (Å²) in [6.45, 7) is 9.29. The summed E-state index contributed by atoms with van der Waals surface area (Å²) in [6, 6.07) is 3.38. The van der Waals surface area contributed by atoms with Gasteiger partial charge in [-0.15, -0.1) is 0 Å². The predicted octanol–water partition coefficient (Wildman–Crippen LogP) is 2.23. The lowest BCUT2D eigenvalue weighted by Crippen LogP contribution is -2.54. The summed E-state index contributed by atoms with van der Waals surface area (Å²) in [7, 11) is 0. The lowest BCUT2D eigenvalue weighted by molar-refractivity contribution is 0.0218. The molecule has 1 fully saturated rings. The van der Waals surface area contributed by atoms with Crippen molar-refractivity contribution in [3.63, 3.8) is 0 Å². The van der Waals surface area contributed by atoms with E-state index in [-0.39, 0.29) is 17.9 Å². The first-order chi connectivity index (χ1) is 9.78. The molecule has 2 rings (SSSR count). The fraction of sp³-hybridized carbons (Fsp3) is 0.600. The molecule has 1 amide bonds. The maximum absolute atomic E-state index is 12.1. The second-order valence-electron chi connectivity index (χ2n) is 6.31. The minimum Gasteiger partial charge on any atom is -0.504 e. The smallest absolute Gasteiger partial charge is 0.410 e.